The third kappa shape index (κ3) is 2.80. The predicted molar refractivity (Wildman–Crippen MR) is 48.1 cm³/mol. The summed E-state index contributed by atoms with van der Waals surface area (Å²) in [5.74, 6) is 0. The highest BCUT2D eigenvalue weighted by Gasteiger charge is 2.11. The molecule has 0 aliphatic heterocycles. The van der Waals surface area contributed by atoms with Crippen molar-refractivity contribution in [3.05, 3.63) is 37.1 Å². The van der Waals surface area contributed by atoms with Gasteiger partial charge in [-0.2, -0.15) is 4.72 Å². The fourth-order valence-corrected chi connectivity index (χ4v) is 1.65. The molecule has 0 amide bonds. The molecule has 1 rings (SSSR count). The highest BCUT2D eigenvalue weighted by molar-refractivity contribution is 7.89. The Bertz CT molecular complexity index is 347. The average molecular weight is 200 g/mol. The van der Waals surface area contributed by atoms with E-state index in [1.807, 2.05) is 0 Å². The molecule has 0 aromatic heterocycles. The van der Waals surface area contributed by atoms with Crippen molar-refractivity contribution in [2.24, 2.45) is 0 Å². The van der Waals surface area contributed by atoms with E-state index in [-0.39, 0.29) is 4.90 Å². The van der Waals surface area contributed by atoms with Crippen molar-refractivity contribution in [1.82, 2.24) is 4.72 Å². The van der Waals surface area contributed by atoms with Gasteiger partial charge in [0, 0.05) is 7.11 Å². The third-order valence-corrected chi connectivity index (χ3v) is 2.67. The van der Waals surface area contributed by atoms with Gasteiger partial charge in [-0.3, -0.25) is 0 Å². The lowest BCUT2D eigenvalue weighted by Gasteiger charge is -2.03. The second-order valence-electron chi connectivity index (χ2n) is 2.29. The number of methoxy groups -OCH3 is 1. The van der Waals surface area contributed by atoms with E-state index >= 15 is 0 Å². The fraction of sp³-hybridized carbons (Fsp3) is 0.125. The Morgan fingerprint density at radius 1 is 1.31 bits per heavy atom. The molecule has 1 aromatic rings. The van der Waals surface area contributed by atoms with Gasteiger partial charge < -0.3 is 4.74 Å². The average Bonchev–Trinajstić information content (AvgIpc) is 2.16. The van der Waals surface area contributed by atoms with Gasteiger partial charge in [-0.25, -0.2) is 8.42 Å². The lowest BCUT2D eigenvalue weighted by atomic mass is 10.4. The summed E-state index contributed by atoms with van der Waals surface area (Å²) in [6.45, 7) is 1.02. The number of sulfonamides is 1. The van der Waals surface area contributed by atoms with Crippen LogP contribution in [-0.4, -0.2) is 15.5 Å². The Morgan fingerprint density at radius 3 is 2.46 bits per heavy atom. The molecule has 0 spiro atoms. The normalized spacial score (nSPS) is 11.5. The summed E-state index contributed by atoms with van der Waals surface area (Å²) < 4.78 is 29.4. The number of ether oxygens (including phenoxy) is 1. The lowest BCUT2D eigenvalue weighted by molar-refractivity contribution is 0.265. The van der Waals surface area contributed by atoms with Crippen molar-refractivity contribution in [1.29, 1.82) is 0 Å². The summed E-state index contributed by atoms with van der Waals surface area (Å²) in [5, 5.41) is 0. The largest absolute Gasteiger partial charge is 0.361 e. The summed E-state index contributed by atoms with van der Waals surface area (Å²) in [6, 6.07) is 8.07. The minimum Gasteiger partial charge on any atom is -0.361 e. The van der Waals surface area contributed by atoms with E-state index in [9.17, 15) is 8.42 Å². The minimum absolute atomic E-state index is 0.211. The standard InChI is InChI=1S/C8H10NO3S/c1-12-7-9-13(10,11)8-5-3-2-4-6-8/h2-7,9H,1H3. The van der Waals surface area contributed by atoms with Crippen LogP contribution in [0.4, 0.5) is 0 Å². The smallest absolute Gasteiger partial charge is 0.242 e. The summed E-state index contributed by atoms with van der Waals surface area (Å²) in [5.41, 5.74) is 0. The highest BCUT2D eigenvalue weighted by Crippen LogP contribution is 2.06. The number of benzene rings is 1. The first-order valence-electron chi connectivity index (χ1n) is 3.58. The van der Waals surface area contributed by atoms with E-state index in [1.165, 1.54) is 19.2 Å². The molecule has 0 aliphatic rings. The van der Waals surface area contributed by atoms with Crippen LogP contribution in [0.25, 0.3) is 0 Å². The summed E-state index contributed by atoms with van der Waals surface area (Å²) in [7, 11) is -2.08. The summed E-state index contributed by atoms with van der Waals surface area (Å²) in [6.07, 6.45) is 0. The number of hydrogen-bond acceptors (Lipinski definition) is 3. The SMILES string of the molecule is CO[CH]NS(=O)(=O)c1ccccc1. The van der Waals surface area contributed by atoms with Crippen LogP contribution in [0.15, 0.2) is 35.2 Å². The second kappa shape index (κ2) is 4.36. The topological polar surface area (TPSA) is 55.4 Å². The van der Waals surface area contributed by atoms with E-state index in [2.05, 4.69) is 9.46 Å². The number of nitrogens with one attached hydrogen (secondary N) is 1. The molecule has 1 N–H and O–H groups in total. The maximum absolute atomic E-state index is 11.4. The van der Waals surface area contributed by atoms with E-state index in [1.54, 1.807) is 18.2 Å². The molecule has 0 saturated heterocycles. The number of rotatable bonds is 4. The zero-order valence-electron chi connectivity index (χ0n) is 7.10. The molecular formula is C8H10NO3S. The Balaban J connectivity index is 2.83. The third-order valence-electron chi connectivity index (χ3n) is 1.37. The zero-order chi connectivity index (χ0) is 9.73. The monoisotopic (exact) mass is 200 g/mol. The van der Waals surface area contributed by atoms with Crippen molar-refractivity contribution >= 4 is 10.0 Å². The van der Waals surface area contributed by atoms with Crippen LogP contribution in [-0.2, 0) is 14.8 Å². The van der Waals surface area contributed by atoms with Gasteiger partial charge in [-0.05, 0) is 12.1 Å². The van der Waals surface area contributed by atoms with Gasteiger partial charge in [0.1, 0.15) is 0 Å². The van der Waals surface area contributed by atoms with Crippen LogP contribution in [0.5, 0.6) is 0 Å². The maximum atomic E-state index is 11.4. The van der Waals surface area contributed by atoms with Gasteiger partial charge in [-0.1, -0.05) is 18.2 Å². The molecule has 0 bridgehead atoms. The maximum Gasteiger partial charge on any atom is 0.242 e. The highest BCUT2D eigenvalue weighted by atomic mass is 32.2. The van der Waals surface area contributed by atoms with Crippen LogP contribution in [0, 0.1) is 6.73 Å². The molecule has 1 aromatic carbocycles. The summed E-state index contributed by atoms with van der Waals surface area (Å²) in [4.78, 5) is 0.211. The molecule has 0 saturated carbocycles. The minimum atomic E-state index is -3.45. The van der Waals surface area contributed by atoms with Crippen molar-refractivity contribution in [2.75, 3.05) is 7.11 Å². The summed E-state index contributed by atoms with van der Waals surface area (Å²) >= 11 is 0. The Morgan fingerprint density at radius 2 is 1.92 bits per heavy atom. The van der Waals surface area contributed by atoms with Crippen LogP contribution in [0.1, 0.15) is 0 Å². The second-order valence-corrected chi connectivity index (χ2v) is 4.00. The first-order chi connectivity index (χ1) is 6.17. The quantitative estimate of drug-likeness (QED) is 0.779. The molecule has 5 heteroatoms. The Hall–Kier alpha value is -0.910. The molecule has 0 fully saturated rings. The molecular weight excluding hydrogens is 190 g/mol. The fourth-order valence-electron chi connectivity index (χ4n) is 0.779. The first-order valence-corrected chi connectivity index (χ1v) is 5.07. The molecule has 0 unspecified atom stereocenters. The molecule has 1 radical (unpaired) electrons. The van der Waals surface area contributed by atoms with Gasteiger partial charge in [-0.15, -0.1) is 0 Å². The zero-order valence-corrected chi connectivity index (χ0v) is 7.91. The number of hydrogen-bond donors (Lipinski definition) is 1. The van der Waals surface area contributed by atoms with Gasteiger partial charge in [0.25, 0.3) is 0 Å². The molecule has 4 nitrogen and oxygen atoms in total. The van der Waals surface area contributed by atoms with Crippen molar-refractivity contribution in [3.63, 3.8) is 0 Å². The van der Waals surface area contributed by atoms with E-state index < -0.39 is 10.0 Å². The molecule has 71 valence electrons. The van der Waals surface area contributed by atoms with Crippen molar-refractivity contribution in [3.8, 4) is 0 Å². The molecule has 13 heavy (non-hydrogen) atoms. The van der Waals surface area contributed by atoms with Gasteiger partial charge in [0.05, 0.1) is 4.90 Å². The van der Waals surface area contributed by atoms with Gasteiger partial charge >= 0.3 is 0 Å². The van der Waals surface area contributed by atoms with E-state index in [4.69, 9.17) is 0 Å². The van der Waals surface area contributed by atoms with Crippen LogP contribution >= 0.6 is 0 Å². The Kier molecular flexibility index (Phi) is 3.41. The molecule has 0 atom stereocenters. The Labute approximate surface area is 77.6 Å². The molecule has 0 aliphatic carbocycles. The van der Waals surface area contributed by atoms with Crippen molar-refractivity contribution < 1.29 is 13.2 Å². The predicted octanol–water partition coefficient (Wildman–Crippen LogP) is 0.731. The van der Waals surface area contributed by atoms with Gasteiger partial charge in [0.15, 0.2) is 6.73 Å². The van der Waals surface area contributed by atoms with Crippen LogP contribution < -0.4 is 4.72 Å². The van der Waals surface area contributed by atoms with E-state index in [0.717, 1.165) is 6.73 Å². The first kappa shape index (κ1) is 10.2. The van der Waals surface area contributed by atoms with Crippen LogP contribution in [0.3, 0.4) is 0 Å². The van der Waals surface area contributed by atoms with Crippen LogP contribution in [0.2, 0.25) is 0 Å². The lowest BCUT2D eigenvalue weighted by Crippen LogP contribution is -2.21. The van der Waals surface area contributed by atoms with Crippen molar-refractivity contribution in [2.45, 2.75) is 4.90 Å². The molecule has 0 heterocycles. The van der Waals surface area contributed by atoms with Gasteiger partial charge in [0.2, 0.25) is 10.0 Å². The van der Waals surface area contributed by atoms with E-state index in [0.29, 0.717) is 0 Å².